The Morgan fingerprint density at radius 3 is 2.36 bits per heavy atom. The maximum Gasteiger partial charge on any atom is 0.334 e. The predicted octanol–water partition coefficient (Wildman–Crippen LogP) is 4.00. The number of hydrogen-bond donors (Lipinski definition) is 0. The summed E-state index contributed by atoms with van der Waals surface area (Å²) in [5.41, 5.74) is -0.0192. The highest BCUT2D eigenvalue weighted by Crippen LogP contribution is 2.47. The van der Waals surface area contributed by atoms with Crippen LogP contribution in [0.15, 0.2) is 30.4 Å². The molecule has 0 unspecified atom stereocenters. The molecule has 1 aromatic rings. The lowest BCUT2D eigenvalue weighted by Crippen LogP contribution is -2.01. The number of Topliss-reactive ketones (excluding diaryl/α,β-unsaturated/α-hetero) is 1. The second-order valence-electron chi connectivity index (χ2n) is 4.94. The van der Waals surface area contributed by atoms with Crippen LogP contribution >= 0.6 is 7.60 Å². The van der Waals surface area contributed by atoms with E-state index < -0.39 is 12.5 Å². The first-order valence-corrected chi connectivity index (χ1v) is 9.50. The van der Waals surface area contributed by atoms with Gasteiger partial charge in [-0.05, 0) is 26.8 Å². The van der Waals surface area contributed by atoms with Crippen molar-refractivity contribution in [1.29, 1.82) is 0 Å². The van der Waals surface area contributed by atoms with Gasteiger partial charge in [-0.3, -0.25) is 19.5 Å². The highest BCUT2D eigenvalue weighted by Gasteiger charge is 2.21. The number of non-ortho nitro benzene ring substituents is 1. The number of nitro groups is 1. The van der Waals surface area contributed by atoms with Gasteiger partial charge in [-0.1, -0.05) is 12.2 Å². The largest absolute Gasteiger partial charge is 0.489 e. The zero-order chi connectivity index (χ0) is 18.9. The fourth-order valence-corrected chi connectivity index (χ4v) is 3.41. The average Bonchev–Trinajstić information content (AvgIpc) is 2.54. The van der Waals surface area contributed by atoms with Gasteiger partial charge in [0.15, 0.2) is 5.78 Å². The Hall–Kier alpha value is -2.02. The Morgan fingerprint density at radius 1 is 1.20 bits per heavy atom. The maximum atomic E-state index is 12.2. The van der Waals surface area contributed by atoms with Crippen molar-refractivity contribution in [2.75, 3.05) is 26.0 Å². The van der Waals surface area contributed by atoms with Gasteiger partial charge in [-0.25, -0.2) is 0 Å². The van der Waals surface area contributed by atoms with E-state index in [2.05, 4.69) is 0 Å². The molecular formula is C16H22NO7P. The molecule has 0 N–H and O–H groups in total. The van der Waals surface area contributed by atoms with Crippen molar-refractivity contribution in [1.82, 2.24) is 0 Å². The summed E-state index contributed by atoms with van der Waals surface area (Å²) in [6.45, 7) is 5.44. The molecule has 25 heavy (non-hydrogen) atoms. The second-order valence-corrected chi connectivity index (χ2v) is 7.04. The van der Waals surface area contributed by atoms with Crippen molar-refractivity contribution in [3.63, 3.8) is 0 Å². The van der Waals surface area contributed by atoms with Gasteiger partial charge < -0.3 is 13.8 Å². The summed E-state index contributed by atoms with van der Waals surface area (Å²) < 4.78 is 27.9. The molecule has 0 amide bonds. The Bertz CT molecular complexity index is 645. The number of carbonyl (C=O) groups is 1. The van der Waals surface area contributed by atoms with Crippen LogP contribution in [0.1, 0.15) is 31.1 Å². The molecule has 8 nitrogen and oxygen atoms in total. The van der Waals surface area contributed by atoms with E-state index >= 15 is 0 Å². The Morgan fingerprint density at radius 2 is 1.84 bits per heavy atom. The van der Waals surface area contributed by atoms with Crippen molar-refractivity contribution < 1.29 is 28.1 Å². The van der Waals surface area contributed by atoms with Crippen molar-refractivity contribution in [2.24, 2.45) is 0 Å². The van der Waals surface area contributed by atoms with Crippen LogP contribution in [0.25, 0.3) is 0 Å². The molecule has 0 bridgehead atoms. The Balaban J connectivity index is 2.70. The first kappa shape index (κ1) is 21.0. The van der Waals surface area contributed by atoms with Crippen LogP contribution in [0, 0.1) is 10.1 Å². The molecule has 0 aromatic heterocycles. The van der Waals surface area contributed by atoms with Gasteiger partial charge in [-0.15, -0.1) is 0 Å². The molecule has 0 aliphatic carbocycles. The minimum Gasteiger partial charge on any atom is -0.489 e. The van der Waals surface area contributed by atoms with Crippen LogP contribution in [0.5, 0.6) is 5.75 Å². The van der Waals surface area contributed by atoms with E-state index in [-0.39, 0.29) is 48.8 Å². The molecule has 0 heterocycles. The van der Waals surface area contributed by atoms with E-state index in [1.807, 2.05) is 0 Å². The van der Waals surface area contributed by atoms with E-state index in [1.165, 1.54) is 25.1 Å². The Labute approximate surface area is 146 Å². The SMILES string of the molecule is CCOP(=O)(CC=CCOc1cc(C(C)=O)cc([N+](=O)[O-])c1)OCC. The van der Waals surface area contributed by atoms with Crippen LogP contribution in [-0.4, -0.2) is 36.7 Å². The number of ketones is 1. The number of rotatable bonds is 11. The molecule has 1 aromatic carbocycles. The van der Waals surface area contributed by atoms with Gasteiger partial charge in [0, 0.05) is 11.6 Å². The van der Waals surface area contributed by atoms with Gasteiger partial charge >= 0.3 is 7.60 Å². The van der Waals surface area contributed by atoms with E-state index in [0.717, 1.165) is 0 Å². The first-order chi connectivity index (χ1) is 11.8. The van der Waals surface area contributed by atoms with Gasteiger partial charge in [-0.2, -0.15) is 0 Å². The lowest BCUT2D eigenvalue weighted by Gasteiger charge is -2.14. The van der Waals surface area contributed by atoms with Crippen LogP contribution in [0.3, 0.4) is 0 Å². The van der Waals surface area contributed by atoms with Crippen molar-refractivity contribution in [3.8, 4) is 5.75 Å². The first-order valence-electron chi connectivity index (χ1n) is 7.77. The average molecular weight is 371 g/mol. The number of nitrogens with zero attached hydrogens (tertiary/aromatic N) is 1. The maximum absolute atomic E-state index is 12.2. The summed E-state index contributed by atoms with van der Waals surface area (Å²) >= 11 is 0. The monoisotopic (exact) mass is 371 g/mol. The third-order valence-electron chi connectivity index (χ3n) is 3.00. The van der Waals surface area contributed by atoms with E-state index in [1.54, 1.807) is 26.0 Å². The molecule has 0 atom stereocenters. The van der Waals surface area contributed by atoms with Gasteiger partial charge in [0.1, 0.15) is 12.4 Å². The molecule has 0 spiro atoms. The van der Waals surface area contributed by atoms with E-state index in [9.17, 15) is 19.5 Å². The van der Waals surface area contributed by atoms with Crippen molar-refractivity contribution in [2.45, 2.75) is 20.8 Å². The second kappa shape index (κ2) is 10.1. The number of nitro benzene ring substituents is 1. The molecule has 0 aliphatic heterocycles. The van der Waals surface area contributed by atoms with Crippen LogP contribution in [0.4, 0.5) is 5.69 Å². The molecule has 0 aliphatic rings. The molecule has 0 saturated heterocycles. The minimum absolute atomic E-state index is 0.0940. The Kier molecular flexibility index (Phi) is 8.48. The molecule has 9 heteroatoms. The summed E-state index contributed by atoms with van der Waals surface area (Å²) in [5, 5.41) is 10.9. The summed E-state index contributed by atoms with van der Waals surface area (Å²) in [6.07, 6.45) is 3.32. The number of hydrogen-bond acceptors (Lipinski definition) is 7. The fraction of sp³-hybridized carbons (Fsp3) is 0.438. The zero-order valence-electron chi connectivity index (χ0n) is 14.5. The predicted molar refractivity (Wildman–Crippen MR) is 93.5 cm³/mol. The molecule has 0 fully saturated rings. The molecule has 0 radical (unpaired) electrons. The van der Waals surface area contributed by atoms with Crippen LogP contribution in [0.2, 0.25) is 0 Å². The lowest BCUT2D eigenvalue weighted by molar-refractivity contribution is -0.385. The summed E-state index contributed by atoms with van der Waals surface area (Å²) in [7, 11) is -3.15. The fourth-order valence-electron chi connectivity index (χ4n) is 1.93. The highest BCUT2D eigenvalue weighted by molar-refractivity contribution is 7.54. The van der Waals surface area contributed by atoms with E-state index in [0.29, 0.717) is 0 Å². The summed E-state index contributed by atoms with van der Waals surface area (Å²) in [4.78, 5) is 21.7. The van der Waals surface area contributed by atoms with Gasteiger partial charge in [0.25, 0.3) is 5.69 Å². The van der Waals surface area contributed by atoms with Crippen LogP contribution < -0.4 is 4.74 Å². The quantitative estimate of drug-likeness (QED) is 0.190. The smallest absolute Gasteiger partial charge is 0.334 e. The molecule has 138 valence electrons. The van der Waals surface area contributed by atoms with E-state index in [4.69, 9.17) is 13.8 Å². The standard InChI is InChI=1S/C16H22NO7P/c1-4-23-25(21,24-5-2)9-7-6-8-22-16-11-14(13(3)18)10-15(12-16)17(19)20/h6-7,10-12H,4-5,8-9H2,1-3H3. The number of carbonyl (C=O) groups excluding carboxylic acids is 1. The normalized spacial score (nSPS) is 11.6. The zero-order valence-corrected chi connectivity index (χ0v) is 15.4. The molecular weight excluding hydrogens is 349 g/mol. The highest BCUT2D eigenvalue weighted by atomic mass is 31.2. The topological polar surface area (TPSA) is 105 Å². The minimum atomic E-state index is -3.15. The third-order valence-corrected chi connectivity index (χ3v) is 4.96. The third kappa shape index (κ3) is 7.17. The van der Waals surface area contributed by atoms with Gasteiger partial charge in [0.05, 0.1) is 30.4 Å². The van der Waals surface area contributed by atoms with Crippen molar-refractivity contribution >= 4 is 19.1 Å². The molecule has 0 saturated carbocycles. The van der Waals surface area contributed by atoms with Gasteiger partial charge in [0.2, 0.25) is 0 Å². The number of benzene rings is 1. The molecule has 1 rings (SSSR count). The summed E-state index contributed by atoms with van der Waals surface area (Å²) in [6, 6.07) is 3.88. The van der Waals surface area contributed by atoms with Crippen molar-refractivity contribution in [3.05, 3.63) is 46.0 Å². The van der Waals surface area contributed by atoms with Crippen LogP contribution in [-0.2, 0) is 13.6 Å². The lowest BCUT2D eigenvalue weighted by atomic mass is 10.1. The summed E-state index contributed by atoms with van der Waals surface area (Å²) in [5.74, 6) is -0.0830. The number of ether oxygens (including phenoxy) is 1. The number of allylic oxidation sites excluding steroid dienone is 1.